The molecule has 1 aliphatic carbocycles. The van der Waals surface area contributed by atoms with Gasteiger partial charge in [0.1, 0.15) is 5.82 Å². The second-order valence-corrected chi connectivity index (χ2v) is 6.27. The van der Waals surface area contributed by atoms with Crippen molar-refractivity contribution in [1.29, 1.82) is 0 Å². The first-order valence-electron chi connectivity index (χ1n) is 7.02. The topological polar surface area (TPSA) is 29.1 Å². The van der Waals surface area contributed by atoms with E-state index in [0.717, 1.165) is 17.5 Å². The van der Waals surface area contributed by atoms with Crippen LogP contribution in [0.1, 0.15) is 23.5 Å². The molecule has 2 aromatic carbocycles. The Morgan fingerprint density at radius 2 is 1.95 bits per heavy atom. The van der Waals surface area contributed by atoms with Gasteiger partial charge in [0.2, 0.25) is 5.91 Å². The van der Waals surface area contributed by atoms with Gasteiger partial charge in [0.25, 0.3) is 0 Å². The molecule has 1 amide bonds. The summed E-state index contributed by atoms with van der Waals surface area (Å²) in [5.74, 6) is -0.343. The number of amides is 1. The first kappa shape index (κ1) is 15.3. The maximum Gasteiger partial charge on any atom is 0.224 e. The molecule has 0 spiro atoms. The Kier molecular flexibility index (Phi) is 4.37. The van der Waals surface area contributed by atoms with Gasteiger partial charge in [-0.1, -0.05) is 47.5 Å². The number of halogens is 3. The second kappa shape index (κ2) is 6.27. The van der Waals surface area contributed by atoms with Crippen LogP contribution in [0.2, 0.25) is 10.0 Å². The minimum atomic E-state index is -0.424. The molecule has 0 radical (unpaired) electrons. The van der Waals surface area contributed by atoms with E-state index < -0.39 is 5.82 Å². The summed E-state index contributed by atoms with van der Waals surface area (Å²) in [5.41, 5.74) is 1.67. The highest BCUT2D eigenvalue weighted by Gasteiger charge is 2.39. The van der Waals surface area contributed by atoms with Crippen molar-refractivity contribution in [3.63, 3.8) is 0 Å². The number of hydrogen-bond acceptors (Lipinski definition) is 1. The lowest BCUT2D eigenvalue weighted by Crippen LogP contribution is -2.28. The molecule has 3 rings (SSSR count). The van der Waals surface area contributed by atoms with Crippen molar-refractivity contribution in [1.82, 2.24) is 5.32 Å². The lowest BCUT2D eigenvalue weighted by atomic mass is 10.1. The van der Waals surface area contributed by atoms with Crippen LogP contribution in [-0.2, 0) is 11.2 Å². The van der Waals surface area contributed by atoms with Crippen molar-refractivity contribution in [3.8, 4) is 0 Å². The Morgan fingerprint density at radius 3 is 2.68 bits per heavy atom. The number of hydrogen-bond donors (Lipinski definition) is 1. The highest BCUT2D eigenvalue weighted by Crippen LogP contribution is 2.41. The molecule has 0 bridgehead atoms. The monoisotopic (exact) mass is 337 g/mol. The van der Waals surface area contributed by atoms with E-state index in [1.807, 2.05) is 18.2 Å². The fourth-order valence-electron chi connectivity index (χ4n) is 2.54. The largest absolute Gasteiger partial charge is 0.352 e. The van der Waals surface area contributed by atoms with Crippen LogP contribution in [0.4, 0.5) is 4.39 Å². The SMILES string of the molecule is O=C(Cc1ccccc1Cl)N[C@@H]1C[C@H]1c1ccc(Cl)c(F)c1. The molecule has 2 atom stereocenters. The van der Waals surface area contributed by atoms with E-state index in [2.05, 4.69) is 5.32 Å². The first-order valence-corrected chi connectivity index (χ1v) is 7.78. The van der Waals surface area contributed by atoms with E-state index in [1.165, 1.54) is 6.07 Å². The summed E-state index contributed by atoms with van der Waals surface area (Å²) in [7, 11) is 0. The van der Waals surface area contributed by atoms with Gasteiger partial charge in [0, 0.05) is 17.0 Å². The molecule has 1 fully saturated rings. The van der Waals surface area contributed by atoms with Gasteiger partial charge in [-0.05, 0) is 35.7 Å². The van der Waals surface area contributed by atoms with E-state index >= 15 is 0 Å². The summed E-state index contributed by atoms with van der Waals surface area (Å²) in [6.45, 7) is 0. The molecule has 22 heavy (non-hydrogen) atoms. The zero-order chi connectivity index (χ0) is 15.7. The van der Waals surface area contributed by atoms with Crippen LogP contribution < -0.4 is 5.32 Å². The molecule has 5 heteroatoms. The molecule has 2 aromatic rings. The third-order valence-corrected chi connectivity index (χ3v) is 4.49. The van der Waals surface area contributed by atoms with Gasteiger partial charge in [-0.2, -0.15) is 0 Å². The molecule has 1 saturated carbocycles. The van der Waals surface area contributed by atoms with Crippen molar-refractivity contribution >= 4 is 29.1 Å². The minimum Gasteiger partial charge on any atom is -0.352 e. The molecule has 0 heterocycles. The molecular weight excluding hydrogens is 324 g/mol. The minimum absolute atomic E-state index is 0.0514. The summed E-state index contributed by atoms with van der Waals surface area (Å²) < 4.78 is 13.5. The third-order valence-electron chi connectivity index (χ3n) is 3.82. The lowest BCUT2D eigenvalue weighted by molar-refractivity contribution is -0.120. The number of rotatable bonds is 4. The average molecular weight is 338 g/mol. The van der Waals surface area contributed by atoms with Gasteiger partial charge in [0.15, 0.2) is 0 Å². The fourth-order valence-corrected chi connectivity index (χ4v) is 2.86. The Balaban J connectivity index is 1.58. The second-order valence-electron chi connectivity index (χ2n) is 5.46. The number of benzene rings is 2. The summed E-state index contributed by atoms with van der Waals surface area (Å²) in [6.07, 6.45) is 1.06. The maximum atomic E-state index is 13.5. The van der Waals surface area contributed by atoms with E-state index in [4.69, 9.17) is 23.2 Å². The molecular formula is C17H14Cl2FNO. The predicted octanol–water partition coefficient (Wildman–Crippen LogP) is 4.35. The summed E-state index contributed by atoms with van der Waals surface area (Å²) in [6, 6.07) is 12.1. The van der Waals surface area contributed by atoms with Crippen molar-refractivity contribution in [2.24, 2.45) is 0 Å². The van der Waals surface area contributed by atoms with Crippen LogP contribution in [0.5, 0.6) is 0 Å². The molecule has 2 nitrogen and oxygen atoms in total. The molecule has 114 valence electrons. The van der Waals surface area contributed by atoms with Crippen molar-refractivity contribution in [2.45, 2.75) is 24.8 Å². The Labute approximate surface area is 138 Å². The highest BCUT2D eigenvalue weighted by atomic mass is 35.5. The first-order chi connectivity index (χ1) is 10.5. The van der Waals surface area contributed by atoms with Crippen molar-refractivity contribution in [2.75, 3.05) is 0 Å². The van der Waals surface area contributed by atoms with Crippen LogP contribution >= 0.6 is 23.2 Å². The van der Waals surface area contributed by atoms with Crippen LogP contribution in [0.3, 0.4) is 0 Å². The smallest absolute Gasteiger partial charge is 0.224 e. The van der Waals surface area contributed by atoms with Crippen LogP contribution in [-0.4, -0.2) is 11.9 Å². The Morgan fingerprint density at radius 1 is 1.18 bits per heavy atom. The molecule has 0 unspecified atom stereocenters. The predicted molar refractivity (Wildman–Crippen MR) is 85.9 cm³/mol. The van der Waals surface area contributed by atoms with Gasteiger partial charge in [0.05, 0.1) is 11.4 Å². The van der Waals surface area contributed by atoms with Crippen molar-refractivity contribution < 1.29 is 9.18 Å². The zero-order valence-electron chi connectivity index (χ0n) is 11.7. The van der Waals surface area contributed by atoms with E-state index in [-0.39, 0.29) is 29.3 Å². The zero-order valence-corrected chi connectivity index (χ0v) is 13.2. The van der Waals surface area contributed by atoms with E-state index in [1.54, 1.807) is 18.2 Å². The number of nitrogens with one attached hydrogen (secondary N) is 1. The number of carbonyl (C=O) groups is 1. The average Bonchev–Trinajstić information content (AvgIpc) is 3.23. The normalized spacial score (nSPS) is 19.8. The van der Waals surface area contributed by atoms with Gasteiger partial charge in [-0.25, -0.2) is 4.39 Å². The Hall–Kier alpha value is -1.58. The van der Waals surface area contributed by atoms with Gasteiger partial charge in [-0.15, -0.1) is 0 Å². The lowest BCUT2D eigenvalue weighted by Gasteiger charge is -2.07. The van der Waals surface area contributed by atoms with Crippen LogP contribution in [0, 0.1) is 5.82 Å². The van der Waals surface area contributed by atoms with Gasteiger partial charge >= 0.3 is 0 Å². The molecule has 0 aromatic heterocycles. The van der Waals surface area contributed by atoms with Crippen LogP contribution in [0.15, 0.2) is 42.5 Å². The molecule has 0 saturated heterocycles. The van der Waals surface area contributed by atoms with E-state index in [9.17, 15) is 9.18 Å². The molecule has 1 aliphatic rings. The van der Waals surface area contributed by atoms with Gasteiger partial charge in [-0.3, -0.25) is 4.79 Å². The standard InChI is InChI=1S/C17H14Cl2FNO/c18-13-4-2-1-3-11(13)8-17(22)21-16-9-12(16)10-5-6-14(19)15(20)7-10/h1-7,12,16H,8-9H2,(H,21,22)/t12-,16+/m0/s1. The van der Waals surface area contributed by atoms with Crippen molar-refractivity contribution in [3.05, 3.63) is 69.5 Å². The molecule has 0 aliphatic heterocycles. The van der Waals surface area contributed by atoms with Gasteiger partial charge < -0.3 is 5.32 Å². The fraction of sp³-hybridized carbons (Fsp3) is 0.235. The Bertz CT molecular complexity index is 720. The summed E-state index contributed by atoms with van der Waals surface area (Å²) >= 11 is 11.7. The summed E-state index contributed by atoms with van der Waals surface area (Å²) in [4.78, 5) is 12.0. The highest BCUT2D eigenvalue weighted by molar-refractivity contribution is 6.31. The summed E-state index contributed by atoms with van der Waals surface area (Å²) in [5, 5.41) is 3.66. The van der Waals surface area contributed by atoms with E-state index in [0.29, 0.717) is 5.02 Å². The number of carbonyl (C=O) groups excluding carboxylic acids is 1. The third kappa shape index (κ3) is 3.42. The molecule has 1 N–H and O–H groups in total. The van der Waals surface area contributed by atoms with Crippen LogP contribution in [0.25, 0.3) is 0 Å². The maximum absolute atomic E-state index is 13.5. The quantitative estimate of drug-likeness (QED) is 0.882.